The molecule has 0 unspecified atom stereocenters. The summed E-state index contributed by atoms with van der Waals surface area (Å²) in [5, 5.41) is 22.6. The molecule has 3 aromatic carbocycles. The molecule has 3 rings (SSSR count). The van der Waals surface area contributed by atoms with Gasteiger partial charge >= 0.3 is 12.1 Å². The number of hydrogen-bond acceptors (Lipinski definition) is 8. The van der Waals surface area contributed by atoms with E-state index in [0.717, 1.165) is 16.7 Å². The van der Waals surface area contributed by atoms with Crippen molar-refractivity contribution < 1.29 is 28.9 Å². The lowest BCUT2D eigenvalue weighted by atomic mass is 9.90. The summed E-state index contributed by atoms with van der Waals surface area (Å²) < 4.78 is 5.08. The Morgan fingerprint density at radius 2 is 1.46 bits per heavy atom. The largest absolute Gasteiger partial charge is 0.412 e. The van der Waals surface area contributed by atoms with Crippen LogP contribution in [0.3, 0.4) is 0 Å². The zero-order valence-electron chi connectivity index (χ0n) is 25.3. The zero-order chi connectivity index (χ0) is 33.3. The highest BCUT2D eigenvalue weighted by atomic mass is 16.7. The van der Waals surface area contributed by atoms with Gasteiger partial charge in [0.15, 0.2) is 5.03 Å². The van der Waals surface area contributed by atoms with Crippen LogP contribution in [-0.2, 0) is 16.1 Å². The summed E-state index contributed by atoms with van der Waals surface area (Å²) >= 11 is 0. The fourth-order valence-electron chi connectivity index (χ4n) is 4.30. The molecular formula is C31H36N8O7. The van der Waals surface area contributed by atoms with Crippen molar-refractivity contribution in [1.82, 2.24) is 32.0 Å². The number of urea groups is 1. The molecule has 0 aliphatic rings. The molecule has 6 N–H and O–H groups in total. The number of hydrazine groups is 1. The van der Waals surface area contributed by atoms with Gasteiger partial charge in [-0.05, 0) is 41.7 Å². The van der Waals surface area contributed by atoms with E-state index in [1.165, 1.54) is 14.1 Å². The molecular weight excluding hydrogens is 596 g/mol. The molecule has 242 valence electrons. The second-order valence-corrected chi connectivity index (χ2v) is 9.76. The Hall–Kier alpha value is -5.99. The van der Waals surface area contributed by atoms with Crippen LogP contribution < -0.4 is 36.7 Å². The summed E-state index contributed by atoms with van der Waals surface area (Å²) in [6, 6.07) is 23.2. The van der Waals surface area contributed by atoms with E-state index in [1.807, 2.05) is 66.1 Å². The first-order valence-electron chi connectivity index (χ1n) is 14.3. The highest BCUT2D eigenvalue weighted by Gasteiger charge is 2.27. The number of aliphatic imine (C=N–C) groups is 1. The Bertz CT molecular complexity index is 1460. The van der Waals surface area contributed by atoms with E-state index in [0.29, 0.717) is 5.75 Å². The maximum absolute atomic E-state index is 13.8. The van der Waals surface area contributed by atoms with E-state index < -0.39 is 40.9 Å². The molecule has 0 aliphatic heterocycles. The van der Waals surface area contributed by atoms with Gasteiger partial charge in [-0.15, -0.1) is 0 Å². The number of benzene rings is 3. The lowest BCUT2D eigenvalue weighted by molar-refractivity contribution is -0.525. The summed E-state index contributed by atoms with van der Waals surface area (Å²) in [7, 11) is 2.79. The van der Waals surface area contributed by atoms with Gasteiger partial charge in [-0.3, -0.25) is 14.9 Å². The molecule has 15 nitrogen and oxygen atoms in total. The van der Waals surface area contributed by atoms with Gasteiger partial charge in [0.25, 0.3) is 5.96 Å². The van der Waals surface area contributed by atoms with Crippen LogP contribution in [0.25, 0.3) is 0 Å². The average molecular weight is 633 g/mol. The Morgan fingerprint density at radius 3 is 2.00 bits per heavy atom. The number of nitrogens with zero attached hydrogens (tertiary/aromatic N) is 2. The van der Waals surface area contributed by atoms with Crippen molar-refractivity contribution in [2.24, 2.45) is 4.99 Å². The first kappa shape index (κ1) is 34.5. The van der Waals surface area contributed by atoms with Gasteiger partial charge in [0.05, 0.1) is 5.92 Å². The van der Waals surface area contributed by atoms with E-state index in [2.05, 4.69) is 31.6 Å². The topological polar surface area (TPSA) is 205 Å². The predicted octanol–water partition coefficient (Wildman–Crippen LogP) is 2.18. The Balaban J connectivity index is 1.77. The van der Waals surface area contributed by atoms with Gasteiger partial charge in [-0.2, -0.15) is 0 Å². The molecule has 3 aromatic rings. The van der Waals surface area contributed by atoms with E-state index >= 15 is 0 Å². The fourth-order valence-corrected chi connectivity index (χ4v) is 4.30. The van der Waals surface area contributed by atoms with Gasteiger partial charge in [-0.1, -0.05) is 78.2 Å². The number of nitro groups is 1. The molecule has 1 atom stereocenters. The quantitative estimate of drug-likeness (QED) is 0.0540. The van der Waals surface area contributed by atoms with Crippen molar-refractivity contribution in [2.75, 3.05) is 20.6 Å². The third-order valence-electron chi connectivity index (χ3n) is 6.54. The summed E-state index contributed by atoms with van der Waals surface area (Å²) in [6.07, 6.45) is -0.259. The normalized spacial score (nSPS) is 11.5. The van der Waals surface area contributed by atoms with Crippen molar-refractivity contribution in [1.29, 1.82) is 0 Å². The minimum Gasteiger partial charge on any atom is -0.410 e. The Morgan fingerprint density at radius 1 is 0.848 bits per heavy atom. The maximum atomic E-state index is 13.8. The second kappa shape index (κ2) is 18.0. The molecule has 0 saturated carbocycles. The number of rotatable bonds is 13. The number of carbonyl (C=O) groups excluding carboxylic acids is 4. The lowest BCUT2D eigenvalue weighted by Gasteiger charge is -2.23. The summed E-state index contributed by atoms with van der Waals surface area (Å²) in [5.41, 5.74) is 4.01. The monoisotopic (exact) mass is 632 g/mol. The predicted molar refractivity (Wildman–Crippen MR) is 169 cm³/mol. The minimum atomic E-state index is -0.993. The molecule has 0 aromatic heterocycles. The van der Waals surface area contributed by atoms with E-state index in [1.54, 1.807) is 24.3 Å². The van der Waals surface area contributed by atoms with Crippen LogP contribution >= 0.6 is 0 Å². The van der Waals surface area contributed by atoms with Gasteiger partial charge in [0, 0.05) is 27.2 Å². The summed E-state index contributed by atoms with van der Waals surface area (Å²) in [5.74, 6) is -1.61. The third-order valence-corrected chi connectivity index (χ3v) is 6.54. The van der Waals surface area contributed by atoms with E-state index in [4.69, 9.17) is 4.74 Å². The van der Waals surface area contributed by atoms with Crippen LogP contribution in [0.15, 0.2) is 89.9 Å². The van der Waals surface area contributed by atoms with Crippen LogP contribution in [0.5, 0.6) is 5.75 Å². The van der Waals surface area contributed by atoms with Crippen LogP contribution in [0.1, 0.15) is 35.4 Å². The van der Waals surface area contributed by atoms with Crippen LogP contribution in [0.2, 0.25) is 0 Å². The van der Waals surface area contributed by atoms with Gasteiger partial charge in [0.1, 0.15) is 11.8 Å². The number of amides is 5. The Kier molecular flexibility index (Phi) is 13.5. The smallest absolute Gasteiger partial charge is 0.410 e. The first-order chi connectivity index (χ1) is 22.2. The first-order valence-corrected chi connectivity index (χ1v) is 14.3. The van der Waals surface area contributed by atoms with Gasteiger partial charge in [-0.25, -0.2) is 24.7 Å². The van der Waals surface area contributed by atoms with Crippen LogP contribution in [0, 0.1) is 10.1 Å². The molecule has 0 heterocycles. The van der Waals surface area contributed by atoms with Crippen molar-refractivity contribution in [3.05, 3.63) is 112 Å². The highest BCUT2D eigenvalue weighted by Crippen LogP contribution is 2.25. The molecule has 46 heavy (non-hydrogen) atoms. The van der Waals surface area contributed by atoms with E-state index in [9.17, 15) is 29.3 Å². The number of ether oxygens (including phenoxy) is 1. The number of nitrogens with one attached hydrogen (secondary N) is 6. The molecule has 15 heteroatoms. The molecule has 5 amide bonds. The standard InChI is InChI=1S/C31H36N8O7/c1-32-30(42)37-29(38-39(44)45)34-19-9-14-25(27(40)35-20-21-15-17-24(18-16-21)46-31(43)33-2)36-28(41)26(22-10-5-3-6-11-22)23-12-7-4-8-13-23/h3-8,10-13,15-18,25-26H,9,14,19-20H2,1-2H3,(H,33,43)(H,35,40)(H,36,41)(H3,32,34,37,38,42)/t25-/m1/s1. The van der Waals surface area contributed by atoms with Crippen molar-refractivity contribution in [3.8, 4) is 5.75 Å². The number of carbonyl (C=O) groups is 4. The SMILES string of the molecule is CNC(=O)NC(=NCCC[C@@H](NC(=O)C(c1ccccc1)c1ccccc1)C(=O)NCc1ccc(OC(=O)NC)cc1)N[N+](=O)[O-]. The van der Waals surface area contributed by atoms with Gasteiger partial charge in [0.2, 0.25) is 11.8 Å². The molecule has 0 spiro atoms. The summed E-state index contributed by atoms with van der Waals surface area (Å²) in [4.78, 5) is 65.3. The van der Waals surface area contributed by atoms with Crippen molar-refractivity contribution in [2.45, 2.75) is 31.3 Å². The molecule has 0 radical (unpaired) electrons. The number of hydrogen-bond donors (Lipinski definition) is 6. The second-order valence-electron chi connectivity index (χ2n) is 9.76. The van der Waals surface area contributed by atoms with Crippen molar-refractivity contribution in [3.63, 3.8) is 0 Å². The number of guanidine groups is 1. The Labute approximate surface area is 265 Å². The lowest BCUT2D eigenvalue weighted by Crippen LogP contribution is -2.48. The van der Waals surface area contributed by atoms with Crippen LogP contribution in [0.4, 0.5) is 9.59 Å². The minimum absolute atomic E-state index is 0.00653. The maximum Gasteiger partial charge on any atom is 0.412 e. The van der Waals surface area contributed by atoms with Gasteiger partial charge < -0.3 is 26.0 Å². The average Bonchev–Trinajstić information content (AvgIpc) is 3.06. The molecule has 0 saturated heterocycles. The van der Waals surface area contributed by atoms with E-state index in [-0.39, 0.29) is 31.9 Å². The van der Waals surface area contributed by atoms with Crippen LogP contribution in [-0.4, -0.2) is 61.6 Å². The molecule has 0 bridgehead atoms. The molecule has 0 fully saturated rings. The highest BCUT2D eigenvalue weighted by molar-refractivity contribution is 5.95. The fraction of sp³-hybridized carbons (Fsp3) is 0.258. The van der Waals surface area contributed by atoms with Crippen molar-refractivity contribution >= 4 is 29.9 Å². The summed E-state index contributed by atoms with van der Waals surface area (Å²) in [6.45, 7) is 0.116. The third kappa shape index (κ3) is 11.3. The zero-order valence-corrected chi connectivity index (χ0v) is 25.3. The molecule has 0 aliphatic carbocycles.